The van der Waals surface area contributed by atoms with E-state index in [-0.39, 0.29) is 5.82 Å². The molecule has 0 aliphatic rings. The van der Waals surface area contributed by atoms with E-state index >= 15 is 0 Å². The van der Waals surface area contributed by atoms with Crippen LogP contribution in [0.1, 0.15) is 18.2 Å². The molecular formula is C15H18FNO2. The van der Waals surface area contributed by atoms with Crippen LogP contribution in [0.4, 0.5) is 4.39 Å². The van der Waals surface area contributed by atoms with Crippen molar-refractivity contribution in [2.45, 2.75) is 26.1 Å². The second-order valence-corrected chi connectivity index (χ2v) is 4.73. The number of hydrogen-bond donors (Lipinski definition) is 1. The van der Waals surface area contributed by atoms with Gasteiger partial charge in [-0.1, -0.05) is 12.1 Å². The maximum Gasteiger partial charge on any atom is 0.123 e. The number of aliphatic hydroxyl groups excluding tert-OH is 1. The van der Waals surface area contributed by atoms with Gasteiger partial charge in [0.1, 0.15) is 11.6 Å². The predicted octanol–water partition coefficient (Wildman–Crippen LogP) is 2.80. The molecule has 102 valence electrons. The number of nitrogens with zero attached hydrogens (tertiary/aromatic N) is 1. The first-order valence-corrected chi connectivity index (χ1v) is 6.31. The second kappa shape index (κ2) is 6.50. The average molecular weight is 263 g/mol. The van der Waals surface area contributed by atoms with Gasteiger partial charge in [0.15, 0.2) is 0 Å². The smallest absolute Gasteiger partial charge is 0.123 e. The zero-order valence-corrected chi connectivity index (χ0v) is 10.9. The lowest BCUT2D eigenvalue weighted by Crippen LogP contribution is -2.30. The minimum atomic E-state index is -0.441. The molecule has 0 amide bonds. The van der Waals surface area contributed by atoms with Gasteiger partial charge in [0.25, 0.3) is 0 Å². The van der Waals surface area contributed by atoms with Crippen LogP contribution in [0.2, 0.25) is 0 Å². The summed E-state index contributed by atoms with van der Waals surface area (Å²) in [5.41, 5.74) is 0.882. The van der Waals surface area contributed by atoms with Crippen molar-refractivity contribution >= 4 is 0 Å². The van der Waals surface area contributed by atoms with Crippen molar-refractivity contribution in [1.82, 2.24) is 4.90 Å². The van der Waals surface area contributed by atoms with Crippen LogP contribution in [-0.4, -0.2) is 22.7 Å². The lowest BCUT2D eigenvalue weighted by atomic mass is 10.2. The van der Waals surface area contributed by atoms with Crippen molar-refractivity contribution in [3.8, 4) is 0 Å². The molecule has 1 aromatic heterocycles. The third-order valence-corrected chi connectivity index (χ3v) is 2.78. The summed E-state index contributed by atoms with van der Waals surface area (Å²) < 4.78 is 18.5. The fourth-order valence-corrected chi connectivity index (χ4v) is 2.08. The molecule has 1 aromatic carbocycles. The molecule has 0 aliphatic carbocycles. The third-order valence-electron chi connectivity index (χ3n) is 2.78. The highest BCUT2D eigenvalue weighted by molar-refractivity contribution is 5.16. The predicted molar refractivity (Wildman–Crippen MR) is 70.9 cm³/mol. The van der Waals surface area contributed by atoms with E-state index in [0.717, 1.165) is 11.3 Å². The van der Waals surface area contributed by atoms with Gasteiger partial charge in [-0.15, -0.1) is 0 Å². The van der Waals surface area contributed by atoms with Gasteiger partial charge in [0.2, 0.25) is 0 Å². The molecule has 3 nitrogen and oxygen atoms in total. The molecule has 0 aliphatic heterocycles. The van der Waals surface area contributed by atoms with Crippen molar-refractivity contribution in [3.63, 3.8) is 0 Å². The molecule has 1 unspecified atom stereocenters. The lowest BCUT2D eigenvalue weighted by molar-refractivity contribution is 0.113. The molecule has 2 rings (SSSR count). The summed E-state index contributed by atoms with van der Waals surface area (Å²) in [6, 6.07) is 10.2. The molecule has 4 heteroatoms. The Morgan fingerprint density at radius 3 is 2.74 bits per heavy atom. The van der Waals surface area contributed by atoms with E-state index in [0.29, 0.717) is 19.6 Å². The summed E-state index contributed by atoms with van der Waals surface area (Å²) >= 11 is 0. The molecule has 0 spiro atoms. The van der Waals surface area contributed by atoms with Gasteiger partial charge in [-0.2, -0.15) is 0 Å². The highest BCUT2D eigenvalue weighted by atomic mass is 19.1. The van der Waals surface area contributed by atoms with Gasteiger partial charge in [-0.25, -0.2) is 4.39 Å². The summed E-state index contributed by atoms with van der Waals surface area (Å²) in [5, 5.41) is 9.54. The number of halogens is 1. The maximum atomic E-state index is 13.2. The highest BCUT2D eigenvalue weighted by Gasteiger charge is 2.11. The van der Waals surface area contributed by atoms with Crippen LogP contribution in [0.25, 0.3) is 0 Å². The van der Waals surface area contributed by atoms with Crippen LogP contribution in [0.15, 0.2) is 47.1 Å². The van der Waals surface area contributed by atoms with Crippen molar-refractivity contribution in [1.29, 1.82) is 0 Å². The molecular weight excluding hydrogens is 245 g/mol. The van der Waals surface area contributed by atoms with Crippen molar-refractivity contribution in [2.24, 2.45) is 0 Å². The number of rotatable bonds is 6. The molecule has 1 heterocycles. The fraction of sp³-hybridized carbons (Fsp3) is 0.333. The first-order valence-electron chi connectivity index (χ1n) is 6.31. The van der Waals surface area contributed by atoms with E-state index in [2.05, 4.69) is 0 Å². The van der Waals surface area contributed by atoms with E-state index in [1.54, 1.807) is 19.3 Å². The highest BCUT2D eigenvalue weighted by Crippen LogP contribution is 2.12. The largest absolute Gasteiger partial charge is 0.468 e. The van der Waals surface area contributed by atoms with Crippen molar-refractivity contribution < 1.29 is 13.9 Å². The van der Waals surface area contributed by atoms with Crippen molar-refractivity contribution in [3.05, 3.63) is 59.8 Å². The number of furan rings is 1. The van der Waals surface area contributed by atoms with E-state index in [4.69, 9.17) is 4.42 Å². The molecule has 0 fully saturated rings. The maximum absolute atomic E-state index is 13.2. The molecule has 0 bridgehead atoms. The normalized spacial score (nSPS) is 12.8. The molecule has 0 radical (unpaired) electrons. The average Bonchev–Trinajstić information content (AvgIpc) is 2.80. The Morgan fingerprint density at radius 2 is 2.11 bits per heavy atom. The van der Waals surface area contributed by atoms with Crippen LogP contribution < -0.4 is 0 Å². The Labute approximate surface area is 112 Å². The number of benzene rings is 1. The van der Waals surface area contributed by atoms with Crippen LogP contribution in [0, 0.1) is 5.82 Å². The van der Waals surface area contributed by atoms with Crippen molar-refractivity contribution in [2.75, 3.05) is 6.54 Å². The van der Waals surface area contributed by atoms with Gasteiger partial charge in [0, 0.05) is 13.1 Å². The van der Waals surface area contributed by atoms with Crippen LogP contribution in [-0.2, 0) is 13.1 Å². The molecule has 19 heavy (non-hydrogen) atoms. The van der Waals surface area contributed by atoms with Crippen LogP contribution >= 0.6 is 0 Å². The van der Waals surface area contributed by atoms with Gasteiger partial charge in [0.05, 0.1) is 18.9 Å². The van der Waals surface area contributed by atoms with Gasteiger partial charge in [-0.05, 0) is 36.8 Å². The zero-order chi connectivity index (χ0) is 13.7. The minimum absolute atomic E-state index is 0.243. The summed E-state index contributed by atoms with van der Waals surface area (Å²) in [5.74, 6) is 0.588. The zero-order valence-electron chi connectivity index (χ0n) is 10.9. The molecule has 1 N–H and O–H groups in total. The van der Waals surface area contributed by atoms with E-state index in [9.17, 15) is 9.50 Å². The fourth-order valence-electron chi connectivity index (χ4n) is 2.08. The van der Waals surface area contributed by atoms with Gasteiger partial charge in [-0.3, -0.25) is 4.90 Å². The summed E-state index contributed by atoms with van der Waals surface area (Å²) in [7, 11) is 0. The van der Waals surface area contributed by atoms with E-state index < -0.39 is 6.10 Å². The standard InChI is InChI=1S/C15H18FNO2/c1-12(18)9-17(11-15-6-3-7-19-15)10-13-4-2-5-14(16)8-13/h2-8,12,18H,9-11H2,1H3. The summed E-state index contributed by atoms with van der Waals surface area (Å²) in [4.78, 5) is 2.03. The molecule has 0 saturated heterocycles. The Bertz CT molecular complexity index is 497. The Balaban J connectivity index is 2.05. The third kappa shape index (κ3) is 4.50. The van der Waals surface area contributed by atoms with E-state index in [1.807, 2.05) is 23.1 Å². The van der Waals surface area contributed by atoms with E-state index in [1.165, 1.54) is 12.1 Å². The summed E-state index contributed by atoms with van der Waals surface area (Å²) in [6.07, 6.45) is 1.18. The first-order chi connectivity index (χ1) is 9.13. The Hall–Kier alpha value is -1.65. The number of aliphatic hydroxyl groups is 1. The second-order valence-electron chi connectivity index (χ2n) is 4.73. The summed E-state index contributed by atoms with van der Waals surface area (Å²) in [6.45, 7) is 3.41. The quantitative estimate of drug-likeness (QED) is 0.870. The molecule has 1 atom stereocenters. The van der Waals surface area contributed by atoms with Crippen LogP contribution in [0.3, 0.4) is 0 Å². The minimum Gasteiger partial charge on any atom is -0.468 e. The first kappa shape index (κ1) is 13.8. The molecule has 2 aromatic rings. The van der Waals surface area contributed by atoms with Gasteiger partial charge < -0.3 is 9.52 Å². The molecule has 0 saturated carbocycles. The van der Waals surface area contributed by atoms with Gasteiger partial charge >= 0.3 is 0 Å². The number of hydrogen-bond acceptors (Lipinski definition) is 3. The SMILES string of the molecule is CC(O)CN(Cc1cccc(F)c1)Cc1ccco1. The lowest BCUT2D eigenvalue weighted by Gasteiger charge is -2.22. The monoisotopic (exact) mass is 263 g/mol. The van der Waals surface area contributed by atoms with Crippen LogP contribution in [0.5, 0.6) is 0 Å². The Kier molecular flexibility index (Phi) is 4.71. The Morgan fingerprint density at radius 1 is 1.26 bits per heavy atom. The topological polar surface area (TPSA) is 36.6 Å².